The number of carbonyl (C=O) groups excluding carboxylic acids is 1. The second-order valence-electron chi connectivity index (χ2n) is 8.71. The van der Waals surface area contributed by atoms with Crippen LogP contribution < -0.4 is 15.6 Å². The average Bonchev–Trinajstić information content (AvgIpc) is 2.92. The van der Waals surface area contributed by atoms with Gasteiger partial charge in [0, 0.05) is 16.7 Å². The Morgan fingerprint density at radius 2 is 1.76 bits per heavy atom. The lowest BCUT2D eigenvalue weighted by molar-refractivity contribution is 0.180. The van der Waals surface area contributed by atoms with Crippen LogP contribution in [0.3, 0.4) is 0 Å². The van der Waals surface area contributed by atoms with E-state index in [1.54, 1.807) is 22.6 Å². The van der Waals surface area contributed by atoms with Crippen molar-refractivity contribution in [1.82, 2.24) is 14.5 Å². The number of aromatic nitrogens is 2. The summed E-state index contributed by atoms with van der Waals surface area (Å²) in [5, 5.41) is 3.53. The molecular formula is C29H31BrN4O3. The van der Waals surface area contributed by atoms with Crippen LogP contribution in [0.5, 0.6) is 5.75 Å². The number of benzene rings is 3. The average molecular weight is 563 g/mol. The van der Waals surface area contributed by atoms with Crippen molar-refractivity contribution in [3.8, 4) is 11.4 Å². The number of anilines is 1. The van der Waals surface area contributed by atoms with Gasteiger partial charge < -0.3 is 15.0 Å². The molecule has 7 nitrogen and oxygen atoms in total. The normalized spacial score (nSPS) is 11.8. The number of fused-ring (bicyclic) bond motifs is 1. The zero-order chi connectivity index (χ0) is 26.4. The molecule has 8 heteroatoms. The van der Waals surface area contributed by atoms with Gasteiger partial charge in [-0.3, -0.25) is 9.36 Å². The first-order chi connectivity index (χ1) is 18.0. The van der Waals surface area contributed by atoms with Crippen LogP contribution in [0, 0.1) is 0 Å². The fourth-order valence-corrected chi connectivity index (χ4v) is 4.68. The van der Waals surface area contributed by atoms with Crippen LogP contribution in [-0.2, 0) is 0 Å². The van der Waals surface area contributed by atoms with Gasteiger partial charge in [-0.05, 0) is 61.4 Å². The molecule has 4 aromatic rings. The van der Waals surface area contributed by atoms with Gasteiger partial charge >= 0.3 is 6.03 Å². The molecule has 2 amide bonds. The molecule has 0 spiro atoms. The quantitative estimate of drug-likeness (QED) is 0.239. The van der Waals surface area contributed by atoms with E-state index in [1.807, 2.05) is 73.7 Å². The van der Waals surface area contributed by atoms with Gasteiger partial charge in [0.25, 0.3) is 5.56 Å². The Bertz CT molecular complexity index is 1440. The zero-order valence-corrected chi connectivity index (χ0v) is 22.9. The summed E-state index contributed by atoms with van der Waals surface area (Å²) < 4.78 is 8.14. The third-order valence-corrected chi connectivity index (χ3v) is 6.83. The van der Waals surface area contributed by atoms with E-state index in [0.717, 1.165) is 17.3 Å². The van der Waals surface area contributed by atoms with Gasteiger partial charge in [0.15, 0.2) is 0 Å². The van der Waals surface area contributed by atoms with Crippen molar-refractivity contribution in [2.24, 2.45) is 0 Å². The largest absolute Gasteiger partial charge is 0.495 e. The Morgan fingerprint density at radius 3 is 2.46 bits per heavy atom. The van der Waals surface area contributed by atoms with Crippen LogP contribution in [0.1, 0.15) is 45.0 Å². The SMILES string of the molecule is CCCCN(C(=O)Nc1ccc(Br)cc1)C(CC)c1nc2ccccc2c(=O)n1-c1ccccc1OC. The van der Waals surface area contributed by atoms with Crippen LogP contribution in [0.15, 0.2) is 82.1 Å². The van der Waals surface area contributed by atoms with Gasteiger partial charge in [-0.15, -0.1) is 0 Å². The highest BCUT2D eigenvalue weighted by Crippen LogP contribution is 2.30. The topological polar surface area (TPSA) is 76.5 Å². The summed E-state index contributed by atoms with van der Waals surface area (Å²) in [6.07, 6.45) is 2.30. The molecule has 192 valence electrons. The van der Waals surface area contributed by atoms with Crippen LogP contribution in [0.4, 0.5) is 10.5 Å². The second kappa shape index (κ2) is 12.1. The summed E-state index contributed by atoms with van der Waals surface area (Å²) in [5.41, 5.74) is 1.67. The molecule has 0 aliphatic heterocycles. The Balaban J connectivity index is 1.89. The summed E-state index contributed by atoms with van der Waals surface area (Å²) in [6, 6.07) is 21.4. The van der Waals surface area contributed by atoms with E-state index in [1.165, 1.54) is 0 Å². The van der Waals surface area contributed by atoms with Crippen molar-refractivity contribution in [2.75, 3.05) is 19.0 Å². The Kier molecular flexibility index (Phi) is 8.61. The Hall–Kier alpha value is -3.65. The van der Waals surface area contributed by atoms with E-state index in [0.29, 0.717) is 46.8 Å². The Labute approximate surface area is 225 Å². The van der Waals surface area contributed by atoms with E-state index >= 15 is 0 Å². The Morgan fingerprint density at radius 1 is 1.05 bits per heavy atom. The molecule has 0 aliphatic rings. The fourth-order valence-electron chi connectivity index (χ4n) is 4.42. The van der Waals surface area contributed by atoms with Crippen molar-refractivity contribution in [1.29, 1.82) is 0 Å². The molecule has 1 aromatic heterocycles. The number of urea groups is 1. The number of nitrogens with one attached hydrogen (secondary N) is 1. The number of amides is 2. The third-order valence-electron chi connectivity index (χ3n) is 6.30. The molecule has 37 heavy (non-hydrogen) atoms. The molecule has 4 rings (SSSR count). The highest BCUT2D eigenvalue weighted by molar-refractivity contribution is 9.10. The molecular weight excluding hydrogens is 532 g/mol. The number of ether oxygens (including phenoxy) is 1. The lowest BCUT2D eigenvalue weighted by Gasteiger charge is -2.32. The smallest absolute Gasteiger partial charge is 0.322 e. The maximum absolute atomic E-state index is 13.9. The highest BCUT2D eigenvalue weighted by Gasteiger charge is 2.29. The number of hydrogen-bond donors (Lipinski definition) is 1. The number of hydrogen-bond acceptors (Lipinski definition) is 4. The summed E-state index contributed by atoms with van der Waals surface area (Å²) in [7, 11) is 1.58. The number of para-hydroxylation sites is 3. The first kappa shape index (κ1) is 26.4. The minimum atomic E-state index is -0.454. The first-order valence-electron chi connectivity index (χ1n) is 12.5. The second-order valence-corrected chi connectivity index (χ2v) is 9.62. The van der Waals surface area contributed by atoms with Crippen molar-refractivity contribution in [2.45, 2.75) is 39.2 Å². The lowest BCUT2D eigenvalue weighted by Crippen LogP contribution is -2.41. The number of carbonyl (C=O) groups is 1. The predicted molar refractivity (Wildman–Crippen MR) is 152 cm³/mol. The van der Waals surface area contributed by atoms with E-state index in [-0.39, 0.29) is 11.6 Å². The van der Waals surface area contributed by atoms with Gasteiger partial charge in [-0.1, -0.05) is 60.5 Å². The van der Waals surface area contributed by atoms with Gasteiger partial charge in [0.1, 0.15) is 11.6 Å². The summed E-state index contributed by atoms with van der Waals surface area (Å²) >= 11 is 3.43. The van der Waals surface area contributed by atoms with Crippen LogP contribution in [0.25, 0.3) is 16.6 Å². The lowest BCUT2D eigenvalue weighted by atomic mass is 10.1. The summed E-state index contributed by atoms with van der Waals surface area (Å²) in [6.45, 7) is 4.61. The predicted octanol–water partition coefficient (Wildman–Crippen LogP) is 6.94. The maximum Gasteiger partial charge on any atom is 0.322 e. The van der Waals surface area contributed by atoms with E-state index < -0.39 is 6.04 Å². The van der Waals surface area contributed by atoms with Crippen molar-refractivity contribution in [3.63, 3.8) is 0 Å². The van der Waals surface area contributed by atoms with Crippen molar-refractivity contribution >= 4 is 38.6 Å². The molecule has 3 aromatic carbocycles. The summed E-state index contributed by atoms with van der Waals surface area (Å²) in [5.74, 6) is 1.05. The number of rotatable bonds is 9. The standard InChI is InChI=1S/C29H31BrN4O3/c1-4-6-19-33(29(36)31-21-17-15-20(30)16-18-21)24(5-2)27-32-23-12-8-7-11-22(23)28(35)34(27)25-13-9-10-14-26(25)37-3/h7-18,24H,4-6,19H2,1-3H3,(H,31,36). The van der Waals surface area contributed by atoms with E-state index in [4.69, 9.17) is 9.72 Å². The minimum Gasteiger partial charge on any atom is -0.495 e. The fraction of sp³-hybridized carbons (Fsp3) is 0.276. The first-order valence-corrected chi connectivity index (χ1v) is 13.3. The van der Waals surface area contributed by atoms with Crippen LogP contribution in [0.2, 0.25) is 0 Å². The van der Waals surface area contributed by atoms with Crippen LogP contribution in [-0.4, -0.2) is 34.1 Å². The van der Waals surface area contributed by atoms with Gasteiger partial charge in [-0.2, -0.15) is 0 Å². The monoisotopic (exact) mass is 562 g/mol. The van der Waals surface area contributed by atoms with Crippen LogP contribution >= 0.6 is 15.9 Å². The zero-order valence-electron chi connectivity index (χ0n) is 21.3. The van der Waals surface area contributed by atoms with Gasteiger partial charge in [0.05, 0.1) is 29.7 Å². The molecule has 0 fully saturated rings. The van der Waals surface area contributed by atoms with Crippen molar-refractivity contribution < 1.29 is 9.53 Å². The molecule has 0 bridgehead atoms. The molecule has 0 saturated carbocycles. The highest BCUT2D eigenvalue weighted by atomic mass is 79.9. The third kappa shape index (κ3) is 5.69. The molecule has 1 unspecified atom stereocenters. The maximum atomic E-state index is 13.9. The molecule has 0 saturated heterocycles. The van der Waals surface area contributed by atoms with E-state index in [2.05, 4.69) is 28.2 Å². The molecule has 1 N–H and O–H groups in total. The van der Waals surface area contributed by atoms with E-state index in [9.17, 15) is 9.59 Å². The number of halogens is 1. The number of unbranched alkanes of at least 4 members (excludes halogenated alkanes) is 1. The molecule has 0 aliphatic carbocycles. The number of nitrogens with zero attached hydrogens (tertiary/aromatic N) is 3. The van der Waals surface area contributed by atoms with Crippen molar-refractivity contribution in [3.05, 3.63) is 93.4 Å². The molecule has 1 heterocycles. The minimum absolute atomic E-state index is 0.202. The molecule has 0 radical (unpaired) electrons. The van der Waals surface area contributed by atoms with Gasteiger partial charge in [0.2, 0.25) is 0 Å². The number of methoxy groups -OCH3 is 1. The summed E-state index contributed by atoms with van der Waals surface area (Å²) in [4.78, 5) is 34.3. The van der Waals surface area contributed by atoms with Gasteiger partial charge in [-0.25, -0.2) is 9.78 Å². The molecule has 1 atom stereocenters.